The van der Waals surface area contributed by atoms with Gasteiger partial charge >= 0.3 is 0 Å². The third kappa shape index (κ3) is 2.17. The Morgan fingerprint density at radius 2 is 1.82 bits per heavy atom. The van der Waals surface area contributed by atoms with Gasteiger partial charge in [0.2, 0.25) is 5.91 Å². The van der Waals surface area contributed by atoms with Crippen LogP contribution in [0.4, 0.5) is 0 Å². The first-order chi connectivity index (χ1) is 10.6. The van der Waals surface area contributed by atoms with E-state index in [9.17, 15) is 9.59 Å². The summed E-state index contributed by atoms with van der Waals surface area (Å²) in [5.74, 6) is -0.500. The first-order valence-electron chi connectivity index (χ1n) is 6.86. The van der Waals surface area contributed by atoms with Crippen molar-refractivity contribution in [2.75, 3.05) is 0 Å². The highest BCUT2D eigenvalue weighted by atomic mass is 16.1. The molecule has 2 aromatic carbocycles. The number of benzene rings is 2. The summed E-state index contributed by atoms with van der Waals surface area (Å²) in [7, 11) is 0. The molecule has 0 aliphatic heterocycles. The maximum Gasteiger partial charge on any atom is 0.249 e. The second kappa shape index (κ2) is 5.46. The van der Waals surface area contributed by atoms with E-state index in [0.29, 0.717) is 22.0 Å². The van der Waals surface area contributed by atoms with Crippen molar-refractivity contribution >= 4 is 16.8 Å². The molecule has 5 N–H and O–H groups in total. The summed E-state index contributed by atoms with van der Waals surface area (Å²) >= 11 is 0. The van der Waals surface area contributed by atoms with E-state index in [-0.39, 0.29) is 12.0 Å². The van der Waals surface area contributed by atoms with Gasteiger partial charge in [-0.2, -0.15) is 0 Å². The minimum atomic E-state index is -0.500. The molecule has 3 rings (SSSR count). The van der Waals surface area contributed by atoms with Crippen LogP contribution in [0.25, 0.3) is 22.0 Å². The lowest BCUT2D eigenvalue weighted by atomic mass is 9.93. The van der Waals surface area contributed by atoms with Gasteiger partial charge in [0.1, 0.15) is 0 Å². The number of carbonyl (C=O) groups is 1. The number of H-pyrrole nitrogens is 1. The van der Waals surface area contributed by atoms with Crippen LogP contribution >= 0.6 is 0 Å². The van der Waals surface area contributed by atoms with E-state index in [0.717, 1.165) is 11.1 Å². The molecule has 0 aliphatic carbocycles. The molecule has 0 fully saturated rings. The first kappa shape index (κ1) is 14.0. The number of amides is 1. The summed E-state index contributed by atoms with van der Waals surface area (Å²) in [6, 6.07) is 12.1. The van der Waals surface area contributed by atoms with Crippen LogP contribution in [0, 0.1) is 0 Å². The molecule has 0 aliphatic rings. The summed E-state index contributed by atoms with van der Waals surface area (Å²) in [5.41, 5.74) is 14.7. The highest BCUT2D eigenvalue weighted by Gasteiger charge is 2.15. The molecule has 5 heteroatoms. The van der Waals surface area contributed by atoms with E-state index in [1.165, 1.54) is 6.07 Å². The van der Waals surface area contributed by atoms with Crippen molar-refractivity contribution in [1.29, 1.82) is 0 Å². The van der Waals surface area contributed by atoms with Crippen LogP contribution in [0.15, 0.2) is 53.5 Å². The second-order valence-electron chi connectivity index (χ2n) is 4.97. The molecule has 1 heterocycles. The Morgan fingerprint density at radius 3 is 2.55 bits per heavy atom. The van der Waals surface area contributed by atoms with Gasteiger partial charge in [0.25, 0.3) is 0 Å². The van der Waals surface area contributed by atoms with Crippen molar-refractivity contribution in [1.82, 2.24) is 4.98 Å². The van der Waals surface area contributed by atoms with Gasteiger partial charge in [-0.1, -0.05) is 24.3 Å². The van der Waals surface area contributed by atoms with Gasteiger partial charge in [-0.25, -0.2) is 0 Å². The minimum absolute atomic E-state index is 0.0711. The van der Waals surface area contributed by atoms with Crippen molar-refractivity contribution in [3.8, 4) is 11.1 Å². The molecule has 3 aromatic rings. The fourth-order valence-electron chi connectivity index (χ4n) is 2.71. The summed E-state index contributed by atoms with van der Waals surface area (Å²) < 4.78 is 0. The predicted molar refractivity (Wildman–Crippen MR) is 86.4 cm³/mol. The Bertz CT molecular complexity index is 929. The van der Waals surface area contributed by atoms with Crippen LogP contribution < -0.4 is 16.9 Å². The smallest absolute Gasteiger partial charge is 0.249 e. The third-order valence-electron chi connectivity index (χ3n) is 3.73. The molecule has 0 radical (unpaired) electrons. The van der Waals surface area contributed by atoms with Crippen LogP contribution in [0.2, 0.25) is 0 Å². The van der Waals surface area contributed by atoms with Gasteiger partial charge < -0.3 is 16.5 Å². The van der Waals surface area contributed by atoms with Crippen molar-refractivity contribution in [3.63, 3.8) is 0 Å². The largest absolute Gasteiger partial charge is 0.366 e. The normalized spacial score (nSPS) is 10.8. The van der Waals surface area contributed by atoms with Gasteiger partial charge in [0, 0.05) is 29.8 Å². The predicted octanol–water partition coefficient (Wildman–Crippen LogP) is 1.75. The summed E-state index contributed by atoms with van der Waals surface area (Å²) in [4.78, 5) is 26.7. The number of primary amides is 1. The Kier molecular flexibility index (Phi) is 3.48. The number of pyridine rings is 1. The van der Waals surface area contributed by atoms with Crippen molar-refractivity contribution < 1.29 is 4.79 Å². The zero-order valence-electron chi connectivity index (χ0n) is 11.8. The number of fused-ring (bicyclic) bond motifs is 1. The van der Waals surface area contributed by atoms with E-state index in [2.05, 4.69) is 4.98 Å². The van der Waals surface area contributed by atoms with E-state index < -0.39 is 5.91 Å². The first-order valence-corrected chi connectivity index (χ1v) is 6.86. The lowest BCUT2D eigenvalue weighted by Crippen LogP contribution is -2.13. The van der Waals surface area contributed by atoms with E-state index >= 15 is 0 Å². The van der Waals surface area contributed by atoms with Gasteiger partial charge in [-0.05, 0) is 28.8 Å². The summed E-state index contributed by atoms with van der Waals surface area (Å²) in [5, 5.41) is 0.572. The Balaban J connectivity index is 2.38. The Morgan fingerprint density at radius 1 is 1.05 bits per heavy atom. The van der Waals surface area contributed by atoms with Crippen LogP contribution in [-0.2, 0) is 6.54 Å². The Labute approximate surface area is 126 Å². The van der Waals surface area contributed by atoms with Crippen LogP contribution in [0.3, 0.4) is 0 Å². The fraction of sp³-hybridized carbons (Fsp3) is 0.0588. The molecule has 1 amide bonds. The highest BCUT2D eigenvalue weighted by Crippen LogP contribution is 2.30. The van der Waals surface area contributed by atoms with E-state index in [4.69, 9.17) is 11.5 Å². The second-order valence-corrected chi connectivity index (χ2v) is 4.97. The number of nitrogens with two attached hydrogens (primary N) is 2. The monoisotopic (exact) mass is 293 g/mol. The molecule has 1 aromatic heterocycles. The van der Waals surface area contributed by atoms with Gasteiger partial charge in [-0.3, -0.25) is 9.59 Å². The van der Waals surface area contributed by atoms with Crippen LogP contribution in [0.1, 0.15) is 15.9 Å². The summed E-state index contributed by atoms with van der Waals surface area (Å²) in [6.45, 7) is 0.236. The van der Waals surface area contributed by atoms with E-state index in [1.54, 1.807) is 24.4 Å². The minimum Gasteiger partial charge on any atom is -0.366 e. The number of rotatable bonds is 3. The number of nitrogens with one attached hydrogen (secondary N) is 1. The number of hydrogen-bond acceptors (Lipinski definition) is 3. The van der Waals surface area contributed by atoms with Crippen molar-refractivity contribution in [2.45, 2.75) is 6.54 Å². The van der Waals surface area contributed by atoms with Crippen LogP contribution in [-0.4, -0.2) is 10.9 Å². The van der Waals surface area contributed by atoms with Gasteiger partial charge in [0.05, 0.1) is 5.52 Å². The molecule has 110 valence electrons. The Hall–Kier alpha value is -2.92. The topological polar surface area (TPSA) is 102 Å². The van der Waals surface area contributed by atoms with Crippen molar-refractivity contribution in [2.24, 2.45) is 11.5 Å². The standard InChI is InChI=1S/C17H15N3O2/c18-9-14-11(10-3-1-2-4-12(10)17(19)22)5-6-13-15(21)7-8-20-16(13)14/h1-8H,9,18H2,(H2,19,22)(H,20,21). The molecule has 0 bridgehead atoms. The van der Waals surface area contributed by atoms with Gasteiger partial charge in [0.15, 0.2) is 5.43 Å². The molecule has 22 heavy (non-hydrogen) atoms. The molecule has 0 unspecified atom stereocenters. The number of aromatic nitrogens is 1. The number of aromatic amines is 1. The lowest BCUT2D eigenvalue weighted by Gasteiger charge is -2.13. The molecule has 5 nitrogen and oxygen atoms in total. The molecule has 0 saturated carbocycles. The molecule has 0 atom stereocenters. The zero-order chi connectivity index (χ0) is 15.7. The molecular weight excluding hydrogens is 278 g/mol. The quantitative estimate of drug-likeness (QED) is 0.685. The fourth-order valence-corrected chi connectivity index (χ4v) is 2.71. The molecule has 0 saturated heterocycles. The number of carbonyl (C=O) groups excluding carboxylic acids is 1. The van der Waals surface area contributed by atoms with Crippen LogP contribution in [0.5, 0.6) is 0 Å². The lowest BCUT2D eigenvalue weighted by molar-refractivity contribution is 0.100. The van der Waals surface area contributed by atoms with E-state index in [1.807, 2.05) is 18.2 Å². The van der Waals surface area contributed by atoms with Gasteiger partial charge in [-0.15, -0.1) is 0 Å². The summed E-state index contributed by atoms with van der Waals surface area (Å²) in [6.07, 6.45) is 1.59. The highest BCUT2D eigenvalue weighted by molar-refractivity contribution is 6.01. The molecular formula is C17H15N3O2. The SMILES string of the molecule is NCc1c(-c2ccccc2C(N)=O)ccc2c(=O)cc[nH]c12. The van der Waals surface area contributed by atoms with Crippen molar-refractivity contribution in [3.05, 3.63) is 70.0 Å². The maximum absolute atomic E-state index is 11.9. The maximum atomic E-state index is 11.9. The average molecular weight is 293 g/mol. The molecule has 0 spiro atoms. The average Bonchev–Trinajstić information content (AvgIpc) is 2.54. The third-order valence-corrected chi connectivity index (χ3v) is 3.73. The number of hydrogen-bond donors (Lipinski definition) is 3. The zero-order valence-corrected chi connectivity index (χ0v) is 11.8.